The molecule has 2 rings (SSSR count). The molecule has 1 aliphatic heterocycles. The van der Waals surface area contributed by atoms with Gasteiger partial charge in [-0.25, -0.2) is 0 Å². The van der Waals surface area contributed by atoms with Gasteiger partial charge in [-0.3, -0.25) is 0 Å². The zero-order valence-electron chi connectivity index (χ0n) is 13.0. The third-order valence-electron chi connectivity index (χ3n) is 4.20. The summed E-state index contributed by atoms with van der Waals surface area (Å²) in [5.74, 6) is 2.36. The van der Waals surface area contributed by atoms with Crippen LogP contribution in [-0.4, -0.2) is 40.4 Å². The molecule has 1 saturated heterocycles. The van der Waals surface area contributed by atoms with Gasteiger partial charge in [0, 0.05) is 30.9 Å². The summed E-state index contributed by atoms with van der Waals surface area (Å²) in [5.41, 5.74) is 1.22. The van der Waals surface area contributed by atoms with Gasteiger partial charge in [-0.05, 0) is 44.9 Å². The fourth-order valence-corrected chi connectivity index (χ4v) is 2.90. The van der Waals surface area contributed by atoms with E-state index in [0.29, 0.717) is 6.04 Å². The van der Waals surface area contributed by atoms with Crippen LogP contribution < -0.4 is 19.7 Å². The Morgan fingerprint density at radius 3 is 2.70 bits per heavy atom. The largest absolute Gasteiger partial charge is 0.493 e. The Kier molecular flexibility index (Phi) is 5.12. The highest BCUT2D eigenvalue weighted by molar-refractivity contribution is 5.56. The van der Waals surface area contributed by atoms with E-state index in [1.54, 1.807) is 14.2 Å². The van der Waals surface area contributed by atoms with Crippen molar-refractivity contribution < 1.29 is 9.47 Å². The van der Waals surface area contributed by atoms with Crippen LogP contribution in [-0.2, 0) is 0 Å². The van der Waals surface area contributed by atoms with Crippen LogP contribution in [0.15, 0.2) is 18.2 Å². The molecule has 1 N–H and O–H groups in total. The number of nitrogens with one attached hydrogen (secondary N) is 1. The zero-order valence-corrected chi connectivity index (χ0v) is 13.0. The molecule has 1 aromatic carbocycles. The number of ether oxygens (including phenoxy) is 2. The van der Waals surface area contributed by atoms with Crippen LogP contribution in [0.25, 0.3) is 0 Å². The Labute approximate surface area is 122 Å². The highest BCUT2D eigenvalue weighted by Gasteiger charge is 2.24. The lowest BCUT2D eigenvalue weighted by Crippen LogP contribution is -2.26. The van der Waals surface area contributed by atoms with Crippen molar-refractivity contribution in [2.24, 2.45) is 5.92 Å². The molecule has 1 fully saturated rings. The van der Waals surface area contributed by atoms with Gasteiger partial charge >= 0.3 is 0 Å². The second kappa shape index (κ2) is 6.84. The van der Waals surface area contributed by atoms with Gasteiger partial charge in [-0.1, -0.05) is 0 Å². The molecule has 1 aliphatic rings. The molecule has 4 nitrogen and oxygen atoms in total. The minimum absolute atomic E-state index is 0.588. The van der Waals surface area contributed by atoms with Gasteiger partial charge in [-0.15, -0.1) is 0 Å². The Morgan fingerprint density at radius 2 is 2.05 bits per heavy atom. The van der Waals surface area contributed by atoms with E-state index in [2.05, 4.69) is 29.3 Å². The van der Waals surface area contributed by atoms with E-state index in [9.17, 15) is 0 Å². The van der Waals surface area contributed by atoms with E-state index in [4.69, 9.17) is 9.47 Å². The zero-order chi connectivity index (χ0) is 14.5. The standard InChI is InChI=1S/C16H26N2O2/c1-12(17-2)9-13-7-8-18(11-13)14-5-6-15(19-3)16(10-14)20-4/h5-6,10,12-13,17H,7-9,11H2,1-4H3. The van der Waals surface area contributed by atoms with Gasteiger partial charge in [0.05, 0.1) is 14.2 Å². The summed E-state index contributed by atoms with van der Waals surface area (Å²) in [4.78, 5) is 2.44. The highest BCUT2D eigenvalue weighted by atomic mass is 16.5. The second-order valence-electron chi connectivity index (χ2n) is 5.57. The van der Waals surface area contributed by atoms with Crippen LogP contribution in [0.4, 0.5) is 5.69 Å². The molecule has 0 bridgehead atoms. The predicted octanol–water partition coefficient (Wildman–Crippen LogP) is 2.53. The van der Waals surface area contributed by atoms with Crippen molar-refractivity contribution in [2.45, 2.75) is 25.8 Å². The van der Waals surface area contributed by atoms with Crippen LogP contribution in [0.5, 0.6) is 11.5 Å². The van der Waals surface area contributed by atoms with Gasteiger partial charge in [0.2, 0.25) is 0 Å². The number of nitrogens with zero attached hydrogens (tertiary/aromatic N) is 1. The Balaban J connectivity index is 2.02. The quantitative estimate of drug-likeness (QED) is 0.867. The fraction of sp³-hybridized carbons (Fsp3) is 0.625. The third kappa shape index (κ3) is 3.37. The molecular weight excluding hydrogens is 252 g/mol. The van der Waals surface area contributed by atoms with Crippen molar-refractivity contribution in [3.8, 4) is 11.5 Å². The molecule has 1 heterocycles. The molecule has 0 radical (unpaired) electrons. The molecule has 0 aliphatic carbocycles. The number of anilines is 1. The monoisotopic (exact) mass is 278 g/mol. The lowest BCUT2D eigenvalue weighted by molar-refractivity contribution is 0.355. The molecule has 4 heteroatoms. The number of benzene rings is 1. The summed E-state index contributed by atoms with van der Waals surface area (Å²) in [5, 5.41) is 3.32. The lowest BCUT2D eigenvalue weighted by atomic mass is 10.0. The number of methoxy groups -OCH3 is 2. The SMILES string of the molecule is CNC(C)CC1CCN(c2ccc(OC)c(OC)c2)C1. The molecule has 2 atom stereocenters. The number of hydrogen-bond donors (Lipinski definition) is 1. The first-order chi connectivity index (χ1) is 9.67. The third-order valence-corrected chi connectivity index (χ3v) is 4.20. The normalized spacial score (nSPS) is 20.0. The van der Waals surface area contributed by atoms with E-state index in [0.717, 1.165) is 30.5 Å². The molecule has 0 spiro atoms. The van der Waals surface area contributed by atoms with Gasteiger partial charge < -0.3 is 19.7 Å². The van der Waals surface area contributed by atoms with Crippen molar-refractivity contribution in [3.05, 3.63) is 18.2 Å². The van der Waals surface area contributed by atoms with Crippen LogP contribution in [0.3, 0.4) is 0 Å². The Bertz CT molecular complexity index is 436. The molecule has 0 amide bonds. The van der Waals surface area contributed by atoms with Crippen molar-refractivity contribution in [3.63, 3.8) is 0 Å². The summed E-state index contributed by atoms with van der Waals surface area (Å²) in [7, 11) is 5.39. The molecule has 20 heavy (non-hydrogen) atoms. The van der Waals surface area contributed by atoms with Gasteiger partial charge in [0.25, 0.3) is 0 Å². The van der Waals surface area contributed by atoms with E-state index < -0.39 is 0 Å². The summed E-state index contributed by atoms with van der Waals surface area (Å²) >= 11 is 0. The van der Waals surface area contributed by atoms with Crippen molar-refractivity contribution >= 4 is 5.69 Å². The Morgan fingerprint density at radius 1 is 1.30 bits per heavy atom. The van der Waals surface area contributed by atoms with E-state index >= 15 is 0 Å². The minimum Gasteiger partial charge on any atom is -0.493 e. The maximum Gasteiger partial charge on any atom is 0.162 e. The predicted molar refractivity (Wildman–Crippen MR) is 83.0 cm³/mol. The number of hydrogen-bond acceptors (Lipinski definition) is 4. The van der Waals surface area contributed by atoms with Crippen LogP contribution in [0.1, 0.15) is 19.8 Å². The molecular formula is C16H26N2O2. The highest BCUT2D eigenvalue weighted by Crippen LogP contribution is 2.34. The maximum atomic E-state index is 5.38. The molecule has 2 unspecified atom stereocenters. The first kappa shape index (κ1) is 15.0. The lowest BCUT2D eigenvalue weighted by Gasteiger charge is -2.21. The van der Waals surface area contributed by atoms with Crippen LogP contribution in [0, 0.1) is 5.92 Å². The molecule has 1 aromatic rings. The summed E-state index contributed by atoms with van der Waals surface area (Å²) in [6, 6.07) is 6.76. The second-order valence-corrected chi connectivity index (χ2v) is 5.57. The summed E-state index contributed by atoms with van der Waals surface area (Å²) in [6.45, 7) is 4.50. The van der Waals surface area contributed by atoms with Gasteiger partial charge in [0.15, 0.2) is 11.5 Å². The summed E-state index contributed by atoms with van der Waals surface area (Å²) in [6.07, 6.45) is 2.50. The van der Waals surface area contributed by atoms with Crippen molar-refractivity contribution in [1.29, 1.82) is 0 Å². The maximum absolute atomic E-state index is 5.38. The van der Waals surface area contributed by atoms with Crippen LogP contribution in [0.2, 0.25) is 0 Å². The number of rotatable bonds is 6. The molecule has 112 valence electrons. The topological polar surface area (TPSA) is 33.7 Å². The smallest absolute Gasteiger partial charge is 0.162 e. The van der Waals surface area contributed by atoms with E-state index in [1.807, 2.05) is 13.1 Å². The average Bonchev–Trinajstić information content (AvgIpc) is 2.94. The van der Waals surface area contributed by atoms with Crippen LogP contribution >= 0.6 is 0 Å². The fourth-order valence-electron chi connectivity index (χ4n) is 2.90. The summed E-state index contributed by atoms with van der Waals surface area (Å²) < 4.78 is 10.7. The van der Waals surface area contributed by atoms with E-state index in [1.165, 1.54) is 18.5 Å². The Hall–Kier alpha value is -1.42. The van der Waals surface area contributed by atoms with Crippen molar-refractivity contribution in [1.82, 2.24) is 5.32 Å². The van der Waals surface area contributed by atoms with Crippen molar-refractivity contribution in [2.75, 3.05) is 39.3 Å². The average molecular weight is 278 g/mol. The van der Waals surface area contributed by atoms with Gasteiger partial charge in [-0.2, -0.15) is 0 Å². The van der Waals surface area contributed by atoms with Gasteiger partial charge in [0.1, 0.15) is 0 Å². The molecule has 0 aromatic heterocycles. The first-order valence-corrected chi connectivity index (χ1v) is 7.32. The first-order valence-electron chi connectivity index (χ1n) is 7.32. The minimum atomic E-state index is 0.588. The molecule has 0 saturated carbocycles. The van der Waals surface area contributed by atoms with E-state index in [-0.39, 0.29) is 0 Å².